The molecule has 112 valence electrons. The summed E-state index contributed by atoms with van der Waals surface area (Å²) in [5, 5.41) is 8.68. The fraction of sp³-hybridized carbons (Fsp3) is 0.417. The van der Waals surface area contributed by atoms with Crippen LogP contribution in [0.1, 0.15) is 20.3 Å². The van der Waals surface area contributed by atoms with Crippen molar-refractivity contribution in [1.82, 2.24) is 4.31 Å². The van der Waals surface area contributed by atoms with Crippen molar-refractivity contribution in [2.75, 3.05) is 6.54 Å². The first-order chi connectivity index (χ1) is 9.17. The number of benzene rings is 1. The van der Waals surface area contributed by atoms with Gasteiger partial charge in [-0.3, -0.25) is 4.79 Å². The van der Waals surface area contributed by atoms with Crippen LogP contribution in [0, 0.1) is 5.82 Å². The maximum Gasteiger partial charge on any atom is 0.304 e. The van der Waals surface area contributed by atoms with Gasteiger partial charge in [-0.15, -0.1) is 0 Å². The van der Waals surface area contributed by atoms with E-state index in [9.17, 15) is 17.6 Å². The molecule has 0 aliphatic rings. The first-order valence-electron chi connectivity index (χ1n) is 5.85. The van der Waals surface area contributed by atoms with E-state index >= 15 is 0 Å². The third-order valence-corrected chi connectivity index (χ3v) is 5.33. The van der Waals surface area contributed by atoms with Crippen molar-refractivity contribution in [3.8, 4) is 0 Å². The highest BCUT2D eigenvalue weighted by Crippen LogP contribution is 2.26. The second-order valence-electron chi connectivity index (χ2n) is 4.41. The van der Waals surface area contributed by atoms with Gasteiger partial charge >= 0.3 is 5.97 Å². The van der Waals surface area contributed by atoms with Gasteiger partial charge in [-0.25, -0.2) is 12.8 Å². The highest BCUT2D eigenvalue weighted by atomic mass is 79.9. The standard InChI is InChI=1S/C12H15BrFNO4S/c1-8(2)15(7-6-11(16)17)20(18,19)10-5-3-4-9(13)12(10)14/h3-5,8H,6-7H2,1-2H3,(H,16,17). The molecular weight excluding hydrogens is 353 g/mol. The highest BCUT2D eigenvalue weighted by Gasteiger charge is 2.30. The molecule has 0 amide bonds. The number of hydrogen-bond donors (Lipinski definition) is 1. The summed E-state index contributed by atoms with van der Waals surface area (Å²) in [6.07, 6.45) is -0.340. The summed E-state index contributed by atoms with van der Waals surface area (Å²) in [6, 6.07) is 3.49. The second-order valence-corrected chi connectivity index (χ2v) is 7.12. The van der Waals surface area contributed by atoms with Crippen LogP contribution in [-0.2, 0) is 14.8 Å². The molecule has 0 spiro atoms. The van der Waals surface area contributed by atoms with E-state index < -0.39 is 32.7 Å². The van der Waals surface area contributed by atoms with E-state index in [4.69, 9.17) is 5.11 Å². The predicted octanol–water partition coefficient (Wildman–Crippen LogP) is 2.46. The molecule has 0 saturated heterocycles. The Bertz CT molecular complexity index is 603. The normalized spacial score (nSPS) is 12.1. The van der Waals surface area contributed by atoms with Crippen LogP contribution in [0.4, 0.5) is 4.39 Å². The molecule has 0 heterocycles. The number of sulfonamides is 1. The summed E-state index contributed by atoms with van der Waals surface area (Å²) in [7, 11) is -4.08. The molecule has 0 aromatic heterocycles. The van der Waals surface area contributed by atoms with Crippen LogP contribution < -0.4 is 0 Å². The Labute approximate surface area is 125 Å². The number of aliphatic carboxylic acids is 1. The molecular formula is C12H15BrFNO4S. The van der Waals surface area contributed by atoms with Gasteiger partial charge in [0.2, 0.25) is 10.0 Å². The fourth-order valence-corrected chi connectivity index (χ4v) is 3.90. The average Bonchev–Trinajstić information content (AvgIpc) is 2.31. The van der Waals surface area contributed by atoms with Gasteiger partial charge in [0.25, 0.3) is 0 Å². The Kier molecular flexibility index (Phi) is 5.67. The Morgan fingerprint density at radius 1 is 1.45 bits per heavy atom. The van der Waals surface area contributed by atoms with Crippen LogP contribution in [0.25, 0.3) is 0 Å². The summed E-state index contributed by atoms with van der Waals surface area (Å²) in [5.74, 6) is -1.99. The summed E-state index contributed by atoms with van der Waals surface area (Å²) >= 11 is 2.93. The molecule has 1 N–H and O–H groups in total. The van der Waals surface area contributed by atoms with Gasteiger partial charge in [-0.1, -0.05) is 6.07 Å². The highest BCUT2D eigenvalue weighted by molar-refractivity contribution is 9.10. The predicted molar refractivity (Wildman–Crippen MR) is 75.4 cm³/mol. The number of carbonyl (C=O) groups is 1. The van der Waals surface area contributed by atoms with Gasteiger partial charge < -0.3 is 5.11 Å². The Balaban J connectivity index is 3.23. The number of carboxylic acid groups (broad SMARTS) is 1. The minimum Gasteiger partial charge on any atom is -0.481 e. The maximum atomic E-state index is 14.0. The molecule has 0 saturated carbocycles. The third kappa shape index (κ3) is 3.77. The van der Waals surface area contributed by atoms with Crippen molar-refractivity contribution in [3.63, 3.8) is 0 Å². The molecule has 5 nitrogen and oxygen atoms in total. The van der Waals surface area contributed by atoms with Crippen LogP contribution in [0.15, 0.2) is 27.6 Å². The molecule has 0 aliphatic heterocycles. The minimum atomic E-state index is -4.08. The first kappa shape index (κ1) is 17.1. The zero-order chi connectivity index (χ0) is 15.5. The lowest BCUT2D eigenvalue weighted by molar-refractivity contribution is -0.137. The quantitative estimate of drug-likeness (QED) is 0.837. The molecule has 0 bridgehead atoms. The van der Waals surface area contributed by atoms with Crippen molar-refractivity contribution >= 4 is 31.9 Å². The Morgan fingerprint density at radius 3 is 2.55 bits per heavy atom. The molecule has 1 aromatic rings. The molecule has 0 aliphatic carbocycles. The first-order valence-corrected chi connectivity index (χ1v) is 8.09. The summed E-state index contributed by atoms with van der Waals surface area (Å²) in [4.78, 5) is 10.1. The van der Waals surface area contributed by atoms with Crippen LogP contribution in [0.5, 0.6) is 0 Å². The van der Waals surface area contributed by atoms with Gasteiger partial charge in [0.05, 0.1) is 10.9 Å². The zero-order valence-electron chi connectivity index (χ0n) is 11.0. The summed E-state index contributed by atoms with van der Waals surface area (Å²) in [6.45, 7) is 3.01. The molecule has 20 heavy (non-hydrogen) atoms. The second kappa shape index (κ2) is 6.64. The monoisotopic (exact) mass is 367 g/mol. The van der Waals surface area contributed by atoms with Gasteiger partial charge in [0.15, 0.2) is 5.82 Å². The van der Waals surface area contributed by atoms with Crippen LogP contribution in [0.2, 0.25) is 0 Å². The number of rotatable bonds is 6. The van der Waals surface area contributed by atoms with Gasteiger partial charge in [-0.2, -0.15) is 4.31 Å². The Hall–Kier alpha value is -0.990. The van der Waals surface area contributed by atoms with E-state index in [0.29, 0.717) is 0 Å². The van der Waals surface area contributed by atoms with Crippen molar-refractivity contribution in [2.45, 2.75) is 31.2 Å². The van der Waals surface area contributed by atoms with E-state index in [1.807, 2.05) is 0 Å². The summed E-state index contributed by atoms with van der Waals surface area (Å²) in [5.41, 5.74) is 0. The van der Waals surface area contributed by atoms with E-state index in [1.165, 1.54) is 12.1 Å². The SMILES string of the molecule is CC(C)N(CCC(=O)O)S(=O)(=O)c1cccc(Br)c1F. The Morgan fingerprint density at radius 2 is 2.05 bits per heavy atom. The number of carboxylic acids is 1. The van der Waals surface area contributed by atoms with Gasteiger partial charge in [0.1, 0.15) is 4.90 Å². The van der Waals surface area contributed by atoms with Crippen LogP contribution in [0.3, 0.4) is 0 Å². The third-order valence-electron chi connectivity index (χ3n) is 2.62. The van der Waals surface area contributed by atoms with Crippen LogP contribution in [-0.4, -0.2) is 36.4 Å². The number of hydrogen-bond acceptors (Lipinski definition) is 3. The average molecular weight is 368 g/mol. The van der Waals surface area contributed by atoms with Crippen LogP contribution >= 0.6 is 15.9 Å². The molecule has 0 fully saturated rings. The molecule has 0 radical (unpaired) electrons. The number of nitrogens with zero attached hydrogens (tertiary/aromatic N) is 1. The molecule has 8 heteroatoms. The fourth-order valence-electron chi connectivity index (χ4n) is 1.67. The minimum absolute atomic E-state index is 0.0421. The van der Waals surface area contributed by atoms with E-state index in [0.717, 1.165) is 10.4 Å². The van der Waals surface area contributed by atoms with E-state index in [1.54, 1.807) is 13.8 Å². The largest absolute Gasteiger partial charge is 0.481 e. The van der Waals surface area contributed by atoms with Gasteiger partial charge in [-0.05, 0) is 41.9 Å². The molecule has 1 rings (SSSR count). The van der Waals surface area contributed by atoms with Crippen molar-refractivity contribution < 1.29 is 22.7 Å². The summed E-state index contributed by atoms with van der Waals surface area (Å²) < 4.78 is 39.8. The van der Waals surface area contributed by atoms with Crippen molar-refractivity contribution in [3.05, 3.63) is 28.5 Å². The zero-order valence-corrected chi connectivity index (χ0v) is 13.4. The lowest BCUT2D eigenvalue weighted by Gasteiger charge is -2.25. The lowest BCUT2D eigenvalue weighted by atomic mass is 10.3. The van der Waals surface area contributed by atoms with Crippen molar-refractivity contribution in [2.24, 2.45) is 0 Å². The van der Waals surface area contributed by atoms with E-state index in [2.05, 4.69) is 15.9 Å². The smallest absolute Gasteiger partial charge is 0.304 e. The molecule has 0 atom stereocenters. The van der Waals surface area contributed by atoms with Crippen molar-refractivity contribution in [1.29, 1.82) is 0 Å². The maximum absolute atomic E-state index is 14.0. The molecule has 0 unspecified atom stereocenters. The lowest BCUT2D eigenvalue weighted by Crippen LogP contribution is -2.38. The number of halogens is 2. The topological polar surface area (TPSA) is 74.7 Å². The van der Waals surface area contributed by atoms with E-state index in [-0.39, 0.29) is 17.4 Å². The molecule has 1 aromatic carbocycles. The van der Waals surface area contributed by atoms with Gasteiger partial charge in [0, 0.05) is 12.6 Å².